The van der Waals surface area contributed by atoms with Gasteiger partial charge in [0.15, 0.2) is 5.75 Å². The summed E-state index contributed by atoms with van der Waals surface area (Å²) in [6.07, 6.45) is 1.75. The lowest BCUT2D eigenvalue weighted by Gasteiger charge is -2.15. The standard InChI is InChI=1S/C17H17N3O/c1-20(2)12-5-3-6-13(11-12)21-16-9-8-15-14(17(16)18)7-4-10-19-15/h3-11H,18H2,1-2H3. The Balaban J connectivity index is 1.98. The van der Waals surface area contributed by atoms with E-state index in [9.17, 15) is 0 Å². The van der Waals surface area contributed by atoms with Crippen molar-refractivity contribution in [2.24, 2.45) is 0 Å². The van der Waals surface area contributed by atoms with Gasteiger partial charge < -0.3 is 15.4 Å². The SMILES string of the molecule is CN(C)c1cccc(Oc2ccc3ncccc3c2N)c1. The molecular weight excluding hydrogens is 262 g/mol. The molecule has 2 N–H and O–H groups in total. The van der Waals surface area contributed by atoms with Crippen LogP contribution in [0.15, 0.2) is 54.7 Å². The predicted octanol–water partition coefficient (Wildman–Crippen LogP) is 3.68. The van der Waals surface area contributed by atoms with Crippen LogP contribution in [0.2, 0.25) is 0 Å². The van der Waals surface area contributed by atoms with E-state index < -0.39 is 0 Å². The van der Waals surface area contributed by atoms with Crippen LogP contribution < -0.4 is 15.4 Å². The molecule has 3 rings (SSSR count). The van der Waals surface area contributed by atoms with E-state index >= 15 is 0 Å². The second-order valence-electron chi connectivity index (χ2n) is 5.04. The number of fused-ring (bicyclic) bond motifs is 1. The van der Waals surface area contributed by atoms with Gasteiger partial charge in [-0.15, -0.1) is 0 Å². The molecule has 0 spiro atoms. The van der Waals surface area contributed by atoms with Gasteiger partial charge in [0.2, 0.25) is 0 Å². The maximum atomic E-state index is 6.19. The molecule has 0 atom stereocenters. The highest BCUT2D eigenvalue weighted by atomic mass is 16.5. The molecule has 0 amide bonds. The van der Waals surface area contributed by atoms with Gasteiger partial charge in [0.05, 0.1) is 11.2 Å². The zero-order chi connectivity index (χ0) is 14.8. The third-order valence-corrected chi connectivity index (χ3v) is 3.35. The summed E-state index contributed by atoms with van der Waals surface area (Å²) < 4.78 is 5.93. The van der Waals surface area contributed by atoms with Crippen molar-refractivity contribution in [3.05, 3.63) is 54.7 Å². The first-order valence-electron chi connectivity index (χ1n) is 6.73. The van der Waals surface area contributed by atoms with E-state index in [0.717, 1.165) is 22.3 Å². The monoisotopic (exact) mass is 279 g/mol. The highest BCUT2D eigenvalue weighted by molar-refractivity contribution is 5.93. The second-order valence-corrected chi connectivity index (χ2v) is 5.04. The summed E-state index contributed by atoms with van der Waals surface area (Å²) >= 11 is 0. The highest BCUT2D eigenvalue weighted by Crippen LogP contribution is 2.33. The largest absolute Gasteiger partial charge is 0.455 e. The van der Waals surface area contributed by atoms with Crippen LogP contribution >= 0.6 is 0 Å². The van der Waals surface area contributed by atoms with Crippen LogP contribution in [-0.4, -0.2) is 19.1 Å². The number of nitrogens with zero attached hydrogens (tertiary/aromatic N) is 2. The summed E-state index contributed by atoms with van der Waals surface area (Å²) in [6, 6.07) is 15.5. The number of hydrogen-bond donors (Lipinski definition) is 1. The van der Waals surface area contributed by atoms with E-state index in [0.29, 0.717) is 11.4 Å². The summed E-state index contributed by atoms with van der Waals surface area (Å²) in [5.41, 5.74) is 8.74. The van der Waals surface area contributed by atoms with Crippen molar-refractivity contribution < 1.29 is 4.74 Å². The average molecular weight is 279 g/mol. The molecule has 0 aliphatic carbocycles. The summed E-state index contributed by atoms with van der Waals surface area (Å²) in [5.74, 6) is 1.41. The van der Waals surface area contributed by atoms with Gasteiger partial charge in [-0.3, -0.25) is 4.98 Å². The van der Waals surface area contributed by atoms with Crippen molar-refractivity contribution in [1.82, 2.24) is 4.98 Å². The van der Waals surface area contributed by atoms with Gasteiger partial charge in [0, 0.05) is 37.4 Å². The Hall–Kier alpha value is -2.75. The van der Waals surface area contributed by atoms with Crippen molar-refractivity contribution in [2.75, 3.05) is 24.7 Å². The van der Waals surface area contributed by atoms with Gasteiger partial charge in [-0.25, -0.2) is 0 Å². The van der Waals surface area contributed by atoms with E-state index in [2.05, 4.69) is 4.98 Å². The summed E-state index contributed by atoms with van der Waals surface area (Å²) in [6.45, 7) is 0. The van der Waals surface area contributed by atoms with Crippen molar-refractivity contribution in [1.29, 1.82) is 0 Å². The van der Waals surface area contributed by atoms with Crippen LogP contribution in [0.25, 0.3) is 10.9 Å². The minimum Gasteiger partial charge on any atom is -0.455 e. The molecule has 0 radical (unpaired) electrons. The molecule has 1 aromatic heterocycles. The van der Waals surface area contributed by atoms with Crippen LogP contribution in [0.5, 0.6) is 11.5 Å². The molecule has 0 aliphatic rings. The van der Waals surface area contributed by atoms with Crippen molar-refractivity contribution in [2.45, 2.75) is 0 Å². The molecule has 106 valence electrons. The quantitative estimate of drug-likeness (QED) is 0.743. The molecule has 0 unspecified atom stereocenters. The van der Waals surface area contributed by atoms with Crippen LogP contribution in [0.4, 0.5) is 11.4 Å². The smallest absolute Gasteiger partial charge is 0.151 e. The average Bonchev–Trinajstić information content (AvgIpc) is 2.51. The van der Waals surface area contributed by atoms with E-state index in [1.807, 2.05) is 67.5 Å². The molecule has 0 bridgehead atoms. The Kier molecular flexibility index (Phi) is 3.36. The normalized spacial score (nSPS) is 10.6. The fraction of sp³-hybridized carbons (Fsp3) is 0.118. The van der Waals surface area contributed by atoms with Gasteiger partial charge in [0.25, 0.3) is 0 Å². The zero-order valence-electron chi connectivity index (χ0n) is 12.1. The Morgan fingerprint density at radius 3 is 2.71 bits per heavy atom. The topological polar surface area (TPSA) is 51.4 Å². The maximum absolute atomic E-state index is 6.19. The van der Waals surface area contributed by atoms with E-state index in [4.69, 9.17) is 10.5 Å². The Labute approximate surface area is 123 Å². The molecule has 0 saturated carbocycles. The number of benzene rings is 2. The van der Waals surface area contributed by atoms with Gasteiger partial charge >= 0.3 is 0 Å². The molecule has 0 aliphatic heterocycles. The maximum Gasteiger partial charge on any atom is 0.151 e. The molecule has 0 saturated heterocycles. The second kappa shape index (κ2) is 5.32. The lowest BCUT2D eigenvalue weighted by Crippen LogP contribution is -2.08. The third-order valence-electron chi connectivity index (χ3n) is 3.35. The van der Waals surface area contributed by atoms with E-state index in [1.54, 1.807) is 6.20 Å². The number of nitrogen functional groups attached to an aromatic ring is 1. The van der Waals surface area contributed by atoms with Crippen LogP contribution in [0.1, 0.15) is 0 Å². The van der Waals surface area contributed by atoms with Crippen molar-refractivity contribution >= 4 is 22.3 Å². The van der Waals surface area contributed by atoms with Crippen molar-refractivity contribution in [3.63, 3.8) is 0 Å². The minimum atomic E-state index is 0.607. The Morgan fingerprint density at radius 2 is 1.90 bits per heavy atom. The molecular formula is C17H17N3O. The molecule has 4 nitrogen and oxygen atoms in total. The first-order valence-corrected chi connectivity index (χ1v) is 6.73. The fourth-order valence-electron chi connectivity index (χ4n) is 2.20. The summed E-state index contributed by atoms with van der Waals surface area (Å²) in [4.78, 5) is 6.31. The summed E-state index contributed by atoms with van der Waals surface area (Å²) in [7, 11) is 3.99. The Bertz CT molecular complexity index is 784. The molecule has 1 heterocycles. The van der Waals surface area contributed by atoms with Crippen LogP contribution in [-0.2, 0) is 0 Å². The zero-order valence-corrected chi connectivity index (χ0v) is 12.1. The molecule has 2 aromatic carbocycles. The first kappa shape index (κ1) is 13.2. The minimum absolute atomic E-state index is 0.607. The van der Waals surface area contributed by atoms with Crippen LogP contribution in [0, 0.1) is 0 Å². The lowest BCUT2D eigenvalue weighted by molar-refractivity contribution is 0.486. The third kappa shape index (κ3) is 2.60. The number of hydrogen-bond acceptors (Lipinski definition) is 4. The number of ether oxygens (including phenoxy) is 1. The van der Waals surface area contributed by atoms with Gasteiger partial charge in [-0.05, 0) is 36.4 Å². The van der Waals surface area contributed by atoms with Gasteiger partial charge in [0.1, 0.15) is 5.75 Å². The number of nitrogens with two attached hydrogens (primary N) is 1. The molecule has 21 heavy (non-hydrogen) atoms. The number of pyridine rings is 1. The van der Waals surface area contributed by atoms with E-state index in [-0.39, 0.29) is 0 Å². The number of aromatic nitrogens is 1. The number of rotatable bonds is 3. The van der Waals surface area contributed by atoms with Crippen molar-refractivity contribution in [3.8, 4) is 11.5 Å². The molecule has 4 heteroatoms. The number of anilines is 2. The first-order chi connectivity index (χ1) is 10.1. The predicted molar refractivity (Wildman–Crippen MR) is 87.0 cm³/mol. The Morgan fingerprint density at radius 1 is 1.05 bits per heavy atom. The molecule has 0 fully saturated rings. The lowest BCUT2D eigenvalue weighted by atomic mass is 10.1. The van der Waals surface area contributed by atoms with Crippen LogP contribution in [0.3, 0.4) is 0 Å². The van der Waals surface area contributed by atoms with Gasteiger partial charge in [-0.2, -0.15) is 0 Å². The van der Waals surface area contributed by atoms with Gasteiger partial charge in [-0.1, -0.05) is 6.07 Å². The fourth-order valence-corrected chi connectivity index (χ4v) is 2.20. The van der Waals surface area contributed by atoms with E-state index in [1.165, 1.54) is 0 Å². The molecule has 3 aromatic rings. The summed E-state index contributed by atoms with van der Waals surface area (Å²) in [5, 5.41) is 0.902. The highest BCUT2D eigenvalue weighted by Gasteiger charge is 2.07.